The van der Waals surface area contributed by atoms with E-state index in [0.717, 1.165) is 24.8 Å². The molecule has 2 rings (SSSR count). The van der Waals surface area contributed by atoms with Gasteiger partial charge in [-0.15, -0.1) is 0 Å². The predicted molar refractivity (Wildman–Crippen MR) is 75.3 cm³/mol. The van der Waals surface area contributed by atoms with Crippen molar-refractivity contribution in [3.63, 3.8) is 0 Å². The SMILES string of the molecule is O=[N+]([O-])c1ccc(Cl)c(S(=O)(=O)NCCCC2CC2)c1. The number of hydrogen-bond donors (Lipinski definition) is 1. The highest BCUT2D eigenvalue weighted by molar-refractivity contribution is 7.89. The number of nitro groups is 1. The average molecular weight is 319 g/mol. The first-order valence-electron chi connectivity index (χ1n) is 6.34. The number of sulfonamides is 1. The van der Waals surface area contributed by atoms with E-state index in [2.05, 4.69) is 4.72 Å². The minimum Gasteiger partial charge on any atom is -0.258 e. The molecule has 1 saturated carbocycles. The van der Waals surface area contributed by atoms with E-state index in [1.54, 1.807) is 0 Å². The summed E-state index contributed by atoms with van der Waals surface area (Å²) >= 11 is 5.82. The van der Waals surface area contributed by atoms with Gasteiger partial charge in [0.2, 0.25) is 10.0 Å². The maximum atomic E-state index is 12.1. The van der Waals surface area contributed by atoms with Crippen LogP contribution in [-0.2, 0) is 10.0 Å². The van der Waals surface area contributed by atoms with Gasteiger partial charge < -0.3 is 0 Å². The van der Waals surface area contributed by atoms with E-state index < -0.39 is 14.9 Å². The monoisotopic (exact) mass is 318 g/mol. The third kappa shape index (κ3) is 3.91. The summed E-state index contributed by atoms with van der Waals surface area (Å²) in [7, 11) is -3.81. The van der Waals surface area contributed by atoms with Crippen molar-refractivity contribution in [3.8, 4) is 0 Å². The fourth-order valence-corrected chi connectivity index (χ4v) is 3.48. The Morgan fingerprint density at radius 2 is 2.10 bits per heavy atom. The van der Waals surface area contributed by atoms with Crippen molar-refractivity contribution in [2.24, 2.45) is 5.92 Å². The van der Waals surface area contributed by atoms with E-state index in [1.165, 1.54) is 25.0 Å². The van der Waals surface area contributed by atoms with Crippen molar-refractivity contribution in [2.75, 3.05) is 6.54 Å². The normalized spacial score (nSPS) is 15.2. The fourth-order valence-electron chi connectivity index (χ4n) is 1.89. The van der Waals surface area contributed by atoms with Gasteiger partial charge in [0.15, 0.2) is 0 Å². The average Bonchev–Trinajstić information content (AvgIpc) is 3.18. The van der Waals surface area contributed by atoms with Crippen LogP contribution in [0.2, 0.25) is 5.02 Å². The summed E-state index contributed by atoms with van der Waals surface area (Å²) in [6, 6.07) is 3.37. The first-order valence-corrected chi connectivity index (χ1v) is 8.20. The Morgan fingerprint density at radius 3 is 2.70 bits per heavy atom. The topological polar surface area (TPSA) is 89.3 Å². The van der Waals surface area contributed by atoms with Crippen LogP contribution in [0.4, 0.5) is 5.69 Å². The van der Waals surface area contributed by atoms with E-state index in [1.807, 2.05) is 0 Å². The third-order valence-electron chi connectivity index (χ3n) is 3.19. The number of rotatable bonds is 7. The summed E-state index contributed by atoms with van der Waals surface area (Å²) in [5, 5.41) is 10.7. The van der Waals surface area contributed by atoms with Gasteiger partial charge in [-0.2, -0.15) is 0 Å². The van der Waals surface area contributed by atoms with Gasteiger partial charge in [0.05, 0.1) is 9.95 Å². The first kappa shape index (κ1) is 15.2. The second-order valence-corrected chi connectivity index (χ2v) is 7.00. The highest BCUT2D eigenvalue weighted by atomic mass is 35.5. The molecule has 1 aliphatic rings. The number of nitrogens with zero attached hydrogens (tertiary/aromatic N) is 1. The van der Waals surface area contributed by atoms with Crippen LogP contribution in [0.5, 0.6) is 0 Å². The molecule has 110 valence electrons. The maximum absolute atomic E-state index is 12.1. The number of hydrogen-bond acceptors (Lipinski definition) is 4. The first-order chi connectivity index (χ1) is 9.40. The molecule has 0 aliphatic heterocycles. The van der Waals surface area contributed by atoms with Gasteiger partial charge in [-0.3, -0.25) is 10.1 Å². The van der Waals surface area contributed by atoms with Crippen molar-refractivity contribution in [3.05, 3.63) is 33.3 Å². The molecule has 1 aliphatic carbocycles. The van der Waals surface area contributed by atoms with Crippen LogP contribution < -0.4 is 4.72 Å². The summed E-state index contributed by atoms with van der Waals surface area (Å²) in [6.45, 7) is 0.317. The van der Waals surface area contributed by atoms with Crippen LogP contribution in [0.25, 0.3) is 0 Å². The highest BCUT2D eigenvalue weighted by Crippen LogP contribution is 2.33. The second kappa shape index (κ2) is 6.07. The smallest absolute Gasteiger partial charge is 0.258 e. The minimum absolute atomic E-state index is 0.0229. The number of nitrogens with one attached hydrogen (secondary N) is 1. The van der Waals surface area contributed by atoms with Crippen molar-refractivity contribution < 1.29 is 13.3 Å². The molecule has 1 N–H and O–H groups in total. The number of nitro benzene ring substituents is 1. The Labute approximate surface area is 122 Å². The van der Waals surface area contributed by atoms with E-state index in [4.69, 9.17) is 11.6 Å². The minimum atomic E-state index is -3.81. The van der Waals surface area contributed by atoms with Gasteiger partial charge in [0, 0.05) is 18.7 Å². The van der Waals surface area contributed by atoms with Crippen LogP contribution in [0.15, 0.2) is 23.1 Å². The molecule has 0 bridgehead atoms. The zero-order valence-electron chi connectivity index (χ0n) is 10.7. The number of halogens is 1. The lowest BCUT2D eigenvalue weighted by Gasteiger charge is -2.08. The van der Waals surface area contributed by atoms with Gasteiger partial charge in [-0.1, -0.05) is 24.4 Å². The van der Waals surface area contributed by atoms with E-state index >= 15 is 0 Å². The maximum Gasteiger partial charge on any atom is 0.270 e. The van der Waals surface area contributed by atoms with E-state index in [-0.39, 0.29) is 15.6 Å². The Bertz CT molecular complexity index is 614. The fraction of sp³-hybridized carbons (Fsp3) is 0.500. The highest BCUT2D eigenvalue weighted by Gasteiger charge is 2.23. The summed E-state index contributed by atoms with van der Waals surface area (Å²) < 4.78 is 26.6. The van der Waals surface area contributed by atoms with Crippen molar-refractivity contribution >= 4 is 27.3 Å². The summed E-state index contributed by atoms with van der Waals surface area (Å²) in [4.78, 5) is 9.78. The Balaban J connectivity index is 2.06. The molecule has 0 aromatic heterocycles. The Hall–Kier alpha value is -1.18. The molecular weight excluding hydrogens is 304 g/mol. The van der Waals surface area contributed by atoms with Crippen LogP contribution in [-0.4, -0.2) is 19.9 Å². The number of benzene rings is 1. The molecule has 0 spiro atoms. The predicted octanol–water partition coefficient (Wildman–Crippen LogP) is 2.72. The molecule has 0 radical (unpaired) electrons. The van der Waals surface area contributed by atoms with E-state index in [9.17, 15) is 18.5 Å². The lowest BCUT2D eigenvalue weighted by Crippen LogP contribution is -2.25. The molecule has 1 aromatic carbocycles. The quantitative estimate of drug-likeness (QED) is 0.475. The van der Waals surface area contributed by atoms with Crippen LogP contribution in [0, 0.1) is 16.0 Å². The zero-order valence-corrected chi connectivity index (χ0v) is 12.3. The molecule has 0 unspecified atom stereocenters. The Morgan fingerprint density at radius 1 is 1.40 bits per heavy atom. The molecule has 20 heavy (non-hydrogen) atoms. The van der Waals surface area contributed by atoms with Crippen LogP contribution >= 0.6 is 11.6 Å². The second-order valence-electron chi connectivity index (χ2n) is 4.86. The molecule has 6 nitrogen and oxygen atoms in total. The van der Waals surface area contributed by atoms with Gasteiger partial charge in [0.25, 0.3) is 5.69 Å². The molecule has 8 heteroatoms. The van der Waals surface area contributed by atoms with Crippen molar-refractivity contribution in [1.29, 1.82) is 0 Å². The lowest BCUT2D eigenvalue weighted by molar-refractivity contribution is -0.385. The molecule has 0 heterocycles. The largest absolute Gasteiger partial charge is 0.270 e. The lowest BCUT2D eigenvalue weighted by atomic mass is 10.2. The van der Waals surface area contributed by atoms with Gasteiger partial charge in [0.1, 0.15) is 4.90 Å². The van der Waals surface area contributed by atoms with E-state index in [0.29, 0.717) is 6.54 Å². The molecule has 1 fully saturated rings. The molecule has 1 aromatic rings. The Kier molecular flexibility index (Phi) is 4.62. The summed E-state index contributed by atoms with van der Waals surface area (Å²) in [5.41, 5.74) is -0.298. The van der Waals surface area contributed by atoms with Gasteiger partial charge in [-0.05, 0) is 24.8 Å². The zero-order chi connectivity index (χ0) is 14.8. The third-order valence-corrected chi connectivity index (χ3v) is 5.14. The molecule has 0 atom stereocenters. The summed E-state index contributed by atoms with van der Waals surface area (Å²) in [5.74, 6) is 0.737. The van der Waals surface area contributed by atoms with Crippen molar-refractivity contribution in [2.45, 2.75) is 30.6 Å². The van der Waals surface area contributed by atoms with Crippen molar-refractivity contribution in [1.82, 2.24) is 4.72 Å². The molecule has 0 amide bonds. The molecular formula is C12H15ClN2O4S. The summed E-state index contributed by atoms with van der Waals surface area (Å²) in [6.07, 6.45) is 4.22. The standard InChI is InChI=1S/C12H15ClN2O4S/c13-11-6-5-10(15(16)17)8-12(11)20(18,19)14-7-1-2-9-3-4-9/h5-6,8-9,14H,1-4,7H2. The number of non-ortho nitro benzene ring substituents is 1. The molecule has 0 saturated heterocycles. The van der Waals surface area contributed by atoms with Crippen LogP contribution in [0.1, 0.15) is 25.7 Å². The van der Waals surface area contributed by atoms with Crippen LogP contribution in [0.3, 0.4) is 0 Å². The van der Waals surface area contributed by atoms with Gasteiger partial charge in [-0.25, -0.2) is 13.1 Å². The van der Waals surface area contributed by atoms with Gasteiger partial charge >= 0.3 is 0 Å².